The highest BCUT2D eigenvalue weighted by Crippen LogP contribution is 2.40. The van der Waals surface area contributed by atoms with E-state index in [1.54, 1.807) is 0 Å². The van der Waals surface area contributed by atoms with Crippen molar-refractivity contribution in [3.8, 4) is 0 Å². The van der Waals surface area contributed by atoms with Gasteiger partial charge in [0.05, 0.1) is 0 Å². The van der Waals surface area contributed by atoms with E-state index in [4.69, 9.17) is 0 Å². The molecule has 1 fully saturated rings. The summed E-state index contributed by atoms with van der Waals surface area (Å²) in [5, 5.41) is 0. The maximum Gasteiger partial charge on any atom is -0.0168 e. The van der Waals surface area contributed by atoms with Gasteiger partial charge in [0, 0.05) is 0 Å². The molecule has 0 aromatic rings. The van der Waals surface area contributed by atoms with E-state index in [-0.39, 0.29) is 0 Å². The van der Waals surface area contributed by atoms with E-state index in [0.29, 0.717) is 0 Å². The van der Waals surface area contributed by atoms with Gasteiger partial charge in [0.2, 0.25) is 0 Å². The van der Waals surface area contributed by atoms with E-state index in [2.05, 4.69) is 20.4 Å². The zero-order valence-electron chi connectivity index (χ0n) is 7.90. The third-order valence-electron chi connectivity index (χ3n) is 2.87. The smallest absolute Gasteiger partial charge is 0.0168 e. The molecule has 0 aromatic heterocycles. The molecule has 0 N–H and O–H groups in total. The second-order valence-corrected chi connectivity index (χ2v) is 4.00. The topological polar surface area (TPSA) is 0 Å². The molecule has 2 unspecified atom stereocenters. The molecular formula is C11H20. The first-order valence-electron chi connectivity index (χ1n) is 4.91. The lowest BCUT2D eigenvalue weighted by atomic mass is 10.0. The minimum Gasteiger partial charge on any atom is -0.0995 e. The van der Waals surface area contributed by atoms with Crippen molar-refractivity contribution in [1.29, 1.82) is 0 Å². The van der Waals surface area contributed by atoms with E-state index in [1.165, 1.54) is 37.7 Å². The molecule has 1 rings (SSSR count). The van der Waals surface area contributed by atoms with Gasteiger partial charge in [0.25, 0.3) is 0 Å². The molecule has 0 saturated heterocycles. The van der Waals surface area contributed by atoms with Crippen LogP contribution < -0.4 is 0 Å². The van der Waals surface area contributed by atoms with Gasteiger partial charge in [-0.15, -0.1) is 0 Å². The molecule has 64 valence electrons. The fraction of sp³-hybridized carbons (Fsp3) is 0.818. The molecule has 2 atom stereocenters. The first-order chi connectivity index (χ1) is 5.24. The zero-order chi connectivity index (χ0) is 8.27. The Balaban J connectivity index is 1.92. The minimum atomic E-state index is 0.916. The number of allylic oxidation sites excluding steroid dienone is 1. The SMILES string of the molecule is C=C1CC1CCCC(C)CC. The highest BCUT2D eigenvalue weighted by atomic mass is 14.3. The molecule has 11 heavy (non-hydrogen) atoms. The van der Waals surface area contributed by atoms with E-state index in [9.17, 15) is 0 Å². The first-order valence-corrected chi connectivity index (χ1v) is 4.91. The molecule has 0 nitrogen and oxygen atoms in total. The van der Waals surface area contributed by atoms with Crippen molar-refractivity contribution in [2.24, 2.45) is 11.8 Å². The standard InChI is InChI=1S/C11H20/c1-4-9(2)6-5-7-11-8-10(11)3/h9,11H,3-8H2,1-2H3. The van der Waals surface area contributed by atoms with Crippen molar-refractivity contribution >= 4 is 0 Å². The van der Waals surface area contributed by atoms with Crippen LogP contribution in [0.4, 0.5) is 0 Å². The van der Waals surface area contributed by atoms with E-state index in [1.807, 2.05) is 0 Å². The van der Waals surface area contributed by atoms with Gasteiger partial charge in [-0.25, -0.2) is 0 Å². The summed E-state index contributed by atoms with van der Waals surface area (Å²) in [6.45, 7) is 8.59. The molecule has 0 aliphatic heterocycles. The Morgan fingerprint density at radius 3 is 2.73 bits per heavy atom. The van der Waals surface area contributed by atoms with Crippen LogP contribution in [-0.4, -0.2) is 0 Å². The Kier molecular flexibility index (Phi) is 3.16. The lowest BCUT2D eigenvalue weighted by Crippen LogP contribution is -1.91. The van der Waals surface area contributed by atoms with Gasteiger partial charge in [0.1, 0.15) is 0 Å². The predicted octanol–water partition coefficient (Wildman–Crippen LogP) is 3.78. The summed E-state index contributed by atoms with van der Waals surface area (Å²) < 4.78 is 0. The van der Waals surface area contributed by atoms with Crippen LogP contribution in [0, 0.1) is 11.8 Å². The van der Waals surface area contributed by atoms with Crippen LogP contribution in [0.3, 0.4) is 0 Å². The fourth-order valence-corrected chi connectivity index (χ4v) is 1.48. The van der Waals surface area contributed by atoms with Crippen LogP contribution in [-0.2, 0) is 0 Å². The number of rotatable bonds is 5. The third kappa shape index (κ3) is 3.09. The van der Waals surface area contributed by atoms with Crippen LogP contribution in [0.2, 0.25) is 0 Å². The Bertz CT molecular complexity index is 135. The van der Waals surface area contributed by atoms with E-state index >= 15 is 0 Å². The molecule has 0 heterocycles. The Morgan fingerprint density at radius 1 is 1.64 bits per heavy atom. The van der Waals surface area contributed by atoms with Gasteiger partial charge in [-0.05, 0) is 24.7 Å². The number of hydrogen-bond donors (Lipinski definition) is 0. The van der Waals surface area contributed by atoms with Crippen LogP contribution in [0.15, 0.2) is 12.2 Å². The normalized spacial score (nSPS) is 25.3. The summed E-state index contributed by atoms with van der Waals surface area (Å²) in [7, 11) is 0. The lowest BCUT2D eigenvalue weighted by molar-refractivity contribution is 0.476. The Hall–Kier alpha value is -0.260. The largest absolute Gasteiger partial charge is 0.0995 e. The molecule has 0 aromatic carbocycles. The second-order valence-electron chi connectivity index (χ2n) is 4.00. The van der Waals surface area contributed by atoms with Gasteiger partial charge >= 0.3 is 0 Å². The van der Waals surface area contributed by atoms with Gasteiger partial charge in [-0.3, -0.25) is 0 Å². The summed E-state index contributed by atoms with van der Waals surface area (Å²) in [5.41, 5.74) is 1.49. The van der Waals surface area contributed by atoms with Crippen molar-refractivity contribution < 1.29 is 0 Å². The summed E-state index contributed by atoms with van der Waals surface area (Å²) in [4.78, 5) is 0. The van der Waals surface area contributed by atoms with Crippen molar-refractivity contribution in [2.45, 2.75) is 46.0 Å². The van der Waals surface area contributed by atoms with Gasteiger partial charge in [-0.1, -0.05) is 45.3 Å². The molecule has 1 saturated carbocycles. The predicted molar refractivity (Wildman–Crippen MR) is 50.6 cm³/mol. The lowest BCUT2D eigenvalue weighted by Gasteiger charge is -2.06. The minimum absolute atomic E-state index is 0.916. The van der Waals surface area contributed by atoms with Crippen molar-refractivity contribution in [3.63, 3.8) is 0 Å². The van der Waals surface area contributed by atoms with Crippen LogP contribution in [0.25, 0.3) is 0 Å². The van der Waals surface area contributed by atoms with Crippen molar-refractivity contribution in [3.05, 3.63) is 12.2 Å². The second kappa shape index (κ2) is 3.94. The van der Waals surface area contributed by atoms with Gasteiger partial charge in [0.15, 0.2) is 0 Å². The van der Waals surface area contributed by atoms with Crippen molar-refractivity contribution in [2.75, 3.05) is 0 Å². The zero-order valence-corrected chi connectivity index (χ0v) is 7.90. The molecule has 0 radical (unpaired) electrons. The molecule has 0 bridgehead atoms. The monoisotopic (exact) mass is 152 g/mol. The molecular weight excluding hydrogens is 132 g/mol. The molecule has 0 heteroatoms. The molecule has 1 aliphatic carbocycles. The van der Waals surface area contributed by atoms with Crippen LogP contribution in [0.5, 0.6) is 0 Å². The maximum atomic E-state index is 3.97. The van der Waals surface area contributed by atoms with Crippen molar-refractivity contribution in [1.82, 2.24) is 0 Å². The van der Waals surface area contributed by atoms with Crippen LogP contribution in [0.1, 0.15) is 46.0 Å². The van der Waals surface area contributed by atoms with Gasteiger partial charge in [-0.2, -0.15) is 0 Å². The first kappa shape index (κ1) is 8.83. The summed E-state index contributed by atoms with van der Waals surface area (Å²) >= 11 is 0. The van der Waals surface area contributed by atoms with E-state index < -0.39 is 0 Å². The number of hydrogen-bond acceptors (Lipinski definition) is 0. The average molecular weight is 152 g/mol. The fourth-order valence-electron chi connectivity index (χ4n) is 1.48. The summed E-state index contributed by atoms with van der Waals surface area (Å²) in [5.74, 6) is 1.85. The third-order valence-corrected chi connectivity index (χ3v) is 2.87. The molecule has 0 spiro atoms. The summed E-state index contributed by atoms with van der Waals surface area (Å²) in [6, 6.07) is 0. The summed E-state index contributed by atoms with van der Waals surface area (Å²) in [6.07, 6.45) is 6.90. The maximum absolute atomic E-state index is 3.97. The Labute approximate surface area is 70.7 Å². The van der Waals surface area contributed by atoms with Gasteiger partial charge < -0.3 is 0 Å². The average Bonchev–Trinajstić information content (AvgIpc) is 2.66. The highest BCUT2D eigenvalue weighted by Gasteiger charge is 2.25. The van der Waals surface area contributed by atoms with E-state index in [0.717, 1.165) is 11.8 Å². The highest BCUT2D eigenvalue weighted by molar-refractivity contribution is 5.18. The molecule has 0 amide bonds. The van der Waals surface area contributed by atoms with Crippen LogP contribution >= 0.6 is 0 Å². The molecule has 1 aliphatic rings. The quantitative estimate of drug-likeness (QED) is 0.526. The Morgan fingerprint density at radius 2 is 2.27 bits per heavy atom.